The maximum absolute atomic E-state index is 9.63. The van der Waals surface area contributed by atoms with Crippen LogP contribution in [0.4, 0.5) is 0 Å². The van der Waals surface area contributed by atoms with Gasteiger partial charge in [-0.2, -0.15) is 5.26 Å². The van der Waals surface area contributed by atoms with E-state index in [0.717, 1.165) is 45.2 Å². The van der Waals surface area contributed by atoms with Crippen molar-refractivity contribution in [3.63, 3.8) is 0 Å². The van der Waals surface area contributed by atoms with E-state index in [4.69, 9.17) is 4.74 Å². The van der Waals surface area contributed by atoms with Gasteiger partial charge in [0.1, 0.15) is 11.9 Å². The molecule has 1 atom stereocenters. The smallest absolute Gasteiger partial charge is 0.128 e. The van der Waals surface area contributed by atoms with Crippen molar-refractivity contribution in [1.82, 2.24) is 4.57 Å². The van der Waals surface area contributed by atoms with E-state index >= 15 is 0 Å². The zero-order valence-corrected chi connectivity index (χ0v) is 25.0. The highest BCUT2D eigenvalue weighted by atomic mass is 16.5. The fourth-order valence-electron chi connectivity index (χ4n) is 7.33. The molecule has 1 aliphatic heterocycles. The third kappa shape index (κ3) is 4.05. The van der Waals surface area contributed by atoms with Crippen LogP contribution in [0, 0.1) is 11.3 Å². The number of allylic oxidation sites excluding steroid dienone is 2. The summed E-state index contributed by atoms with van der Waals surface area (Å²) in [4.78, 5) is 0. The minimum absolute atomic E-state index is 0.0497. The minimum Gasteiger partial charge on any atom is -0.485 e. The SMILES string of the molecule is N#Cc1ccc2c(c1)c1ccccc1n2-c1cccc(-c2cccc(-c3ccccc3)c2-c2cccc3c2C2=CC=CCC2O3)c1. The number of ether oxygens (including phenoxy) is 1. The number of fused-ring (bicyclic) bond motifs is 6. The molecule has 7 aromatic rings. The molecule has 0 radical (unpaired) electrons. The van der Waals surface area contributed by atoms with Crippen LogP contribution in [0.3, 0.4) is 0 Å². The van der Waals surface area contributed by atoms with Gasteiger partial charge in [0.2, 0.25) is 0 Å². The zero-order chi connectivity index (χ0) is 30.6. The fraction of sp³-hybridized carbons (Fsp3) is 0.0465. The summed E-state index contributed by atoms with van der Waals surface area (Å²) in [6.45, 7) is 0. The molecule has 0 amide bonds. The van der Waals surface area contributed by atoms with Gasteiger partial charge in [-0.1, -0.05) is 109 Å². The summed E-state index contributed by atoms with van der Waals surface area (Å²) in [6, 6.07) is 49.3. The Bertz CT molecular complexity index is 2440. The summed E-state index contributed by atoms with van der Waals surface area (Å²) in [7, 11) is 0. The largest absolute Gasteiger partial charge is 0.485 e. The van der Waals surface area contributed by atoms with E-state index < -0.39 is 0 Å². The van der Waals surface area contributed by atoms with Crippen molar-refractivity contribution in [1.29, 1.82) is 5.26 Å². The van der Waals surface area contributed by atoms with Gasteiger partial charge in [-0.25, -0.2) is 0 Å². The lowest BCUT2D eigenvalue weighted by atomic mass is 9.83. The topological polar surface area (TPSA) is 38.0 Å². The molecule has 0 saturated heterocycles. The average Bonchev–Trinajstić information content (AvgIpc) is 3.67. The van der Waals surface area contributed by atoms with Crippen LogP contribution in [0.1, 0.15) is 17.5 Å². The molecule has 0 saturated carbocycles. The summed E-state index contributed by atoms with van der Waals surface area (Å²) in [5, 5.41) is 11.8. The second-order valence-corrected chi connectivity index (χ2v) is 11.9. The van der Waals surface area contributed by atoms with Crippen LogP contribution in [-0.2, 0) is 0 Å². The Hall–Kier alpha value is -6.11. The Morgan fingerprint density at radius 2 is 1.37 bits per heavy atom. The molecule has 9 rings (SSSR count). The average molecular weight is 589 g/mol. The lowest BCUT2D eigenvalue weighted by molar-refractivity contribution is 0.279. The Morgan fingerprint density at radius 1 is 0.630 bits per heavy atom. The molecule has 0 spiro atoms. The molecule has 0 fully saturated rings. The lowest BCUT2D eigenvalue weighted by Gasteiger charge is -2.20. The van der Waals surface area contributed by atoms with E-state index in [2.05, 4.69) is 150 Å². The number of rotatable bonds is 4. The number of nitriles is 1. The third-order valence-electron chi connectivity index (χ3n) is 9.33. The number of benzene rings is 6. The van der Waals surface area contributed by atoms with Crippen LogP contribution in [0.15, 0.2) is 152 Å². The van der Waals surface area contributed by atoms with Crippen LogP contribution in [0.2, 0.25) is 0 Å². The van der Waals surface area contributed by atoms with E-state index in [1.54, 1.807) is 0 Å². The molecule has 216 valence electrons. The second-order valence-electron chi connectivity index (χ2n) is 11.9. The van der Waals surface area contributed by atoms with Crippen molar-refractivity contribution < 1.29 is 4.74 Å². The molecule has 2 heterocycles. The fourth-order valence-corrected chi connectivity index (χ4v) is 7.33. The molecular weight excluding hydrogens is 560 g/mol. The van der Waals surface area contributed by atoms with E-state index in [0.29, 0.717) is 5.56 Å². The van der Waals surface area contributed by atoms with Crippen LogP contribution in [-0.4, -0.2) is 10.7 Å². The van der Waals surface area contributed by atoms with Crippen molar-refractivity contribution in [2.45, 2.75) is 12.5 Å². The third-order valence-corrected chi connectivity index (χ3v) is 9.33. The van der Waals surface area contributed by atoms with Crippen molar-refractivity contribution in [2.75, 3.05) is 0 Å². The van der Waals surface area contributed by atoms with Crippen LogP contribution >= 0.6 is 0 Å². The highest BCUT2D eigenvalue weighted by molar-refractivity contribution is 6.10. The highest BCUT2D eigenvalue weighted by Gasteiger charge is 2.32. The summed E-state index contributed by atoms with van der Waals surface area (Å²) < 4.78 is 8.80. The van der Waals surface area contributed by atoms with Crippen LogP contribution in [0.25, 0.3) is 66.4 Å². The molecule has 0 N–H and O–H groups in total. The standard InChI is InChI=1S/C43H28N2O/c44-27-28-23-24-39-37(25-28)34-15-4-6-20-38(34)45(39)31-14-8-13-30(26-31)33-18-9-17-32(29-11-2-1-3-12-29)42(33)36-19-10-22-41-43(36)35-16-5-7-21-40(35)46-41/h1-20,22-26,40H,21H2. The zero-order valence-electron chi connectivity index (χ0n) is 25.0. The Labute approximate surface area is 267 Å². The van der Waals surface area contributed by atoms with Crippen molar-refractivity contribution in [3.05, 3.63) is 163 Å². The van der Waals surface area contributed by atoms with E-state index in [-0.39, 0.29) is 6.10 Å². The van der Waals surface area contributed by atoms with Gasteiger partial charge in [0, 0.05) is 34.0 Å². The molecule has 3 heteroatoms. The van der Waals surface area contributed by atoms with Gasteiger partial charge >= 0.3 is 0 Å². The van der Waals surface area contributed by atoms with Gasteiger partial charge in [-0.3, -0.25) is 0 Å². The van der Waals surface area contributed by atoms with Crippen molar-refractivity contribution in [2.24, 2.45) is 0 Å². The Morgan fingerprint density at radius 3 is 2.26 bits per heavy atom. The van der Waals surface area contributed by atoms with Crippen LogP contribution < -0.4 is 4.74 Å². The van der Waals surface area contributed by atoms with Gasteiger partial charge in [-0.05, 0) is 75.8 Å². The summed E-state index contributed by atoms with van der Waals surface area (Å²) in [6.07, 6.45) is 7.48. The summed E-state index contributed by atoms with van der Waals surface area (Å²) in [5.74, 6) is 0.946. The Kier molecular flexibility index (Phi) is 6.01. The normalized spacial score (nSPS) is 14.8. The minimum atomic E-state index is 0.0497. The van der Waals surface area contributed by atoms with Gasteiger partial charge in [-0.15, -0.1) is 0 Å². The molecule has 1 aromatic heterocycles. The van der Waals surface area contributed by atoms with E-state index in [1.807, 2.05) is 12.1 Å². The first kappa shape index (κ1) is 26.3. The summed E-state index contributed by atoms with van der Waals surface area (Å²) >= 11 is 0. The monoisotopic (exact) mass is 588 g/mol. The molecule has 6 aromatic carbocycles. The van der Waals surface area contributed by atoms with Crippen molar-refractivity contribution in [3.8, 4) is 50.9 Å². The van der Waals surface area contributed by atoms with Crippen LogP contribution in [0.5, 0.6) is 5.75 Å². The summed E-state index contributed by atoms with van der Waals surface area (Å²) in [5.41, 5.74) is 13.4. The first-order valence-corrected chi connectivity index (χ1v) is 15.7. The maximum Gasteiger partial charge on any atom is 0.128 e. The van der Waals surface area contributed by atoms with Gasteiger partial charge < -0.3 is 9.30 Å². The predicted molar refractivity (Wildman–Crippen MR) is 188 cm³/mol. The molecule has 46 heavy (non-hydrogen) atoms. The van der Waals surface area contributed by atoms with Gasteiger partial charge in [0.25, 0.3) is 0 Å². The molecule has 0 bridgehead atoms. The van der Waals surface area contributed by atoms with Gasteiger partial charge in [0.15, 0.2) is 0 Å². The lowest BCUT2D eigenvalue weighted by Crippen LogP contribution is -2.12. The molecule has 1 unspecified atom stereocenters. The molecule has 3 nitrogen and oxygen atoms in total. The number of aromatic nitrogens is 1. The van der Waals surface area contributed by atoms with Crippen molar-refractivity contribution >= 4 is 27.4 Å². The van der Waals surface area contributed by atoms with E-state index in [1.165, 1.54) is 39.0 Å². The first-order valence-electron chi connectivity index (χ1n) is 15.7. The number of hydrogen-bond donors (Lipinski definition) is 0. The second kappa shape index (κ2) is 10.5. The molecule has 1 aliphatic carbocycles. The van der Waals surface area contributed by atoms with E-state index in [9.17, 15) is 5.26 Å². The maximum atomic E-state index is 9.63. The number of para-hydroxylation sites is 1. The number of nitrogens with zero attached hydrogens (tertiary/aromatic N) is 2. The highest BCUT2D eigenvalue weighted by Crippen LogP contribution is 2.50. The first-order chi connectivity index (χ1) is 22.8. The quantitative estimate of drug-likeness (QED) is 0.205. The molecule has 2 aliphatic rings. The predicted octanol–water partition coefficient (Wildman–Crippen LogP) is 10.8. The number of hydrogen-bond acceptors (Lipinski definition) is 2. The van der Waals surface area contributed by atoms with Gasteiger partial charge in [0.05, 0.1) is 22.7 Å². The Balaban J connectivity index is 1.30. The molecular formula is C43H28N2O.